The zero-order chi connectivity index (χ0) is 14.3. The van der Waals surface area contributed by atoms with E-state index in [1.165, 1.54) is 13.2 Å². The first-order valence-electron chi connectivity index (χ1n) is 5.46. The van der Waals surface area contributed by atoms with Crippen LogP contribution in [0.3, 0.4) is 0 Å². The molecule has 7 nitrogen and oxygen atoms in total. The zero-order valence-electron chi connectivity index (χ0n) is 10.3. The molecule has 0 atom stereocenters. The molecule has 0 radical (unpaired) electrons. The summed E-state index contributed by atoms with van der Waals surface area (Å²) < 4.78 is 4.96. The molecule has 2 amide bonds. The van der Waals surface area contributed by atoms with Crippen LogP contribution in [0.5, 0.6) is 5.75 Å². The number of hydrogen-bond acceptors (Lipinski definition) is 5. The molecule has 0 heterocycles. The number of carbonyl (C=O) groups excluding carboxylic acids is 3. The molecule has 0 fully saturated rings. The Bertz CT molecular complexity index is 487. The van der Waals surface area contributed by atoms with E-state index >= 15 is 0 Å². The summed E-state index contributed by atoms with van der Waals surface area (Å²) in [4.78, 5) is 33.0. The van der Waals surface area contributed by atoms with E-state index in [4.69, 9.17) is 4.74 Å². The van der Waals surface area contributed by atoms with Crippen LogP contribution in [0.4, 0.5) is 0 Å². The van der Waals surface area contributed by atoms with Crippen molar-refractivity contribution in [1.29, 1.82) is 0 Å². The van der Waals surface area contributed by atoms with Crippen LogP contribution in [0, 0.1) is 0 Å². The molecule has 0 aliphatic heterocycles. The van der Waals surface area contributed by atoms with Crippen LogP contribution in [0.15, 0.2) is 24.3 Å². The summed E-state index contributed by atoms with van der Waals surface area (Å²) in [7, 11) is 1.47. The number of methoxy groups -OCH3 is 1. The number of amides is 2. The summed E-state index contributed by atoms with van der Waals surface area (Å²) in [5.41, 5.74) is 4.57. The van der Waals surface area contributed by atoms with E-state index in [1.807, 2.05) is 0 Å². The Hall–Kier alpha value is -2.57. The van der Waals surface area contributed by atoms with Crippen LogP contribution in [-0.4, -0.2) is 24.9 Å². The molecule has 19 heavy (non-hydrogen) atoms. The molecule has 7 heteroatoms. The molecule has 2 N–H and O–H groups in total. The van der Waals surface area contributed by atoms with Gasteiger partial charge in [-0.1, -0.05) is 6.07 Å². The van der Waals surface area contributed by atoms with Gasteiger partial charge in [-0.25, -0.2) is 0 Å². The van der Waals surface area contributed by atoms with Crippen molar-refractivity contribution in [2.24, 2.45) is 0 Å². The summed E-state index contributed by atoms with van der Waals surface area (Å²) in [6, 6.07) is 6.36. The van der Waals surface area contributed by atoms with Gasteiger partial charge in [-0.2, -0.15) is 0 Å². The highest BCUT2D eigenvalue weighted by Gasteiger charge is 2.08. The standard InChI is InChI=1S/C12H14N2O5/c1-19-9-4-2-3-8(7-9)12(18)14-13-10(15)5-6-11(16)17/h2-4,7H,5-6H2,1H3,(H,13,15)(H,14,18)(H,16,17)/p-1. The van der Waals surface area contributed by atoms with Gasteiger partial charge in [-0.05, 0) is 24.6 Å². The summed E-state index contributed by atoms with van der Waals surface area (Å²) >= 11 is 0. The monoisotopic (exact) mass is 265 g/mol. The van der Waals surface area contributed by atoms with Gasteiger partial charge in [0, 0.05) is 18.0 Å². The number of hydrazine groups is 1. The maximum Gasteiger partial charge on any atom is 0.269 e. The third-order valence-corrected chi connectivity index (χ3v) is 2.20. The van der Waals surface area contributed by atoms with E-state index in [2.05, 4.69) is 10.9 Å². The lowest BCUT2D eigenvalue weighted by molar-refractivity contribution is -0.305. The summed E-state index contributed by atoms with van der Waals surface area (Å²) in [5.74, 6) is -1.95. The van der Waals surface area contributed by atoms with Gasteiger partial charge in [0.05, 0.1) is 7.11 Å². The molecule has 0 aliphatic rings. The van der Waals surface area contributed by atoms with E-state index in [0.29, 0.717) is 11.3 Å². The van der Waals surface area contributed by atoms with Gasteiger partial charge in [-0.3, -0.25) is 20.4 Å². The Kier molecular flexibility index (Phi) is 5.34. The molecule has 0 spiro atoms. The number of nitrogens with one attached hydrogen (secondary N) is 2. The Morgan fingerprint density at radius 3 is 2.58 bits per heavy atom. The lowest BCUT2D eigenvalue weighted by Gasteiger charge is -2.08. The first kappa shape index (κ1) is 14.5. The highest BCUT2D eigenvalue weighted by molar-refractivity contribution is 5.95. The van der Waals surface area contributed by atoms with E-state index < -0.39 is 24.2 Å². The third-order valence-electron chi connectivity index (χ3n) is 2.20. The zero-order valence-corrected chi connectivity index (χ0v) is 10.3. The summed E-state index contributed by atoms with van der Waals surface area (Å²) in [6.45, 7) is 0. The van der Waals surface area contributed by atoms with E-state index in [1.54, 1.807) is 18.2 Å². The number of carboxylic acid groups (broad SMARTS) is 1. The topological polar surface area (TPSA) is 108 Å². The summed E-state index contributed by atoms with van der Waals surface area (Å²) in [6.07, 6.45) is -0.665. The van der Waals surface area contributed by atoms with Crippen molar-refractivity contribution in [2.75, 3.05) is 7.11 Å². The van der Waals surface area contributed by atoms with Gasteiger partial charge in [-0.15, -0.1) is 0 Å². The van der Waals surface area contributed by atoms with Gasteiger partial charge in [0.15, 0.2) is 0 Å². The normalized spacial score (nSPS) is 9.53. The smallest absolute Gasteiger partial charge is 0.269 e. The molecule has 0 saturated carbocycles. The number of carbonyl (C=O) groups is 3. The fraction of sp³-hybridized carbons (Fsp3) is 0.250. The second kappa shape index (κ2) is 7.00. The molecule has 0 unspecified atom stereocenters. The van der Waals surface area contributed by atoms with Crippen molar-refractivity contribution in [3.63, 3.8) is 0 Å². The molecular formula is C12H13N2O5-. The SMILES string of the molecule is COc1cccc(C(=O)NNC(=O)CCC(=O)[O-])c1. The molecule has 0 aromatic heterocycles. The minimum absolute atomic E-state index is 0.263. The molecule has 0 saturated heterocycles. The van der Waals surface area contributed by atoms with Crippen molar-refractivity contribution in [2.45, 2.75) is 12.8 Å². The molecule has 0 bridgehead atoms. The average Bonchev–Trinajstić information content (AvgIpc) is 2.42. The van der Waals surface area contributed by atoms with Crippen LogP contribution in [-0.2, 0) is 9.59 Å². The third kappa shape index (κ3) is 5.07. The Balaban J connectivity index is 2.46. The Morgan fingerprint density at radius 2 is 1.95 bits per heavy atom. The van der Waals surface area contributed by atoms with E-state index in [-0.39, 0.29) is 6.42 Å². The van der Waals surface area contributed by atoms with Gasteiger partial charge in [0.25, 0.3) is 5.91 Å². The highest BCUT2D eigenvalue weighted by Crippen LogP contribution is 2.11. The van der Waals surface area contributed by atoms with E-state index in [9.17, 15) is 19.5 Å². The maximum absolute atomic E-state index is 11.6. The second-order valence-corrected chi connectivity index (χ2v) is 3.61. The molecule has 0 aliphatic carbocycles. The van der Waals surface area contributed by atoms with Crippen molar-refractivity contribution < 1.29 is 24.2 Å². The first-order valence-corrected chi connectivity index (χ1v) is 5.46. The largest absolute Gasteiger partial charge is 0.550 e. The summed E-state index contributed by atoms with van der Waals surface area (Å²) in [5, 5.41) is 10.1. The van der Waals surface area contributed by atoms with Crippen LogP contribution in [0.1, 0.15) is 23.2 Å². The molecule has 102 valence electrons. The van der Waals surface area contributed by atoms with Crippen molar-refractivity contribution in [3.8, 4) is 5.75 Å². The van der Waals surface area contributed by atoms with Gasteiger partial charge in [0.2, 0.25) is 5.91 Å². The molecule has 1 aromatic rings. The van der Waals surface area contributed by atoms with Crippen LogP contribution in [0.2, 0.25) is 0 Å². The quantitative estimate of drug-likeness (QED) is 0.663. The van der Waals surface area contributed by atoms with Crippen molar-refractivity contribution >= 4 is 17.8 Å². The number of ether oxygens (including phenoxy) is 1. The molecule has 1 aromatic carbocycles. The van der Waals surface area contributed by atoms with Gasteiger partial charge >= 0.3 is 0 Å². The van der Waals surface area contributed by atoms with Crippen molar-refractivity contribution in [1.82, 2.24) is 10.9 Å². The van der Waals surface area contributed by atoms with Crippen LogP contribution < -0.4 is 20.7 Å². The number of carboxylic acids is 1. The lowest BCUT2D eigenvalue weighted by atomic mass is 10.2. The Labute approximate surface area is 109 Å². The highest BCUT2D eigenvalue weighted by atomic mass is 16.5. The minimum atomic E-state index is -1.32. The number of hydrogen-bond donors (Lipinski definition) is 2. The molecule has 1 rings (SSSR count). The first-order chi connectivity index (χ1) is 9.02. The van der Waals surface area contributed by atoms with Crippen molar-refractivity contribution in [3.05, 3.63) is 29.8 Å². The maximum atomic E-state index is 11.6. The lowest BCUT2D eigenvalue weighted by Crippen LogP contribution is -2.42. The van der Waals surface area contributed by atoms with Crippen LogP contribution >= 0.6 is 0 Å². The van der Waals surface area contributed by atoms with Gasteiger partial charge < -0.3 is 14.6 Å². The number of benzene rings is 1. The van der Waals surface area contributed by atoms with E-state index in [0.717, 1.165) is 0 Å². The fourth-order valence-corrected chi connectivity index (χ4v) is 1.24. The van der Waals surface area contributed by atoms with Gasteiger partial charge in [0.1, 0.15) is 5.75 Å². The average molecular weight is 265 g/mol. The Morgan fingerprint density at radius 1 is 1.21 bits per heavy atom. The number of rotatable bonds is 5. The predicted molar refractivity (Wildman–Crippen MR) is 62.8 cm³/mol. The number of aliphatic carboxylic acids is 1. The second-order valence-electron chi connectivity index (χ2n) is 3.61. The fourth-order valence-electron chi connectivity index (χ4n) is 1.24. The predicted octanol–water partition coefficient (Wildman–Crippen LogP) is -1.01. The van der Waals surface area contributed by atoms with Crippen LogP contribution in [0.25, 0.3) is 0 Å². The minimum Gasteiger partial charge on any atom is -0.550 e. The molecular weight excluding hydrogens is 252 g/mol.